The van der Waals surface area contributed by atoms with Crippen molar-refractivity contribution in [2.24, 2.45) is 15.8 Å². The van der Waals surface area contributed by atoms with Crippen LogP contribution in [0.5, 0.6) is 0 Å². The third kappa shape index (κ3) is 7.40. The summed E-state index contributed by atoms with van der Waals surface area (Å²) in [6.45, 7) is 19.4. The maximum atomic E-state index is 4.22. The van der Waals surface area contributed by atoms with Crippen LogP contribution >= 0.6 is 0 Å². The average Bonchev–Trinajstić information content (AvgIpc) is 1.95. The predicted octanol–water partition coefficient (Wildman–Crippen LogP) is 4.21. The molecule has 0 N–H and O–H groups in total. The summed E-state index contributed by atoms with van der Waals surface area (Å²) < 4.78 is 0. The monoisotopic (exact) mass is 240 g/mol. The number of rotatable bonds is 4. The van der Waals surface area contributed by atoms with Crippen molar-refractivity contribution in [3.63, 3.8) is 0 Å². The predicted molar refractivity (Wildman–Crippen MR) is 78.7 cm³/mol. The summed E-state index contributed by atoms with van der Waals surface area (Å²) in [6, 6.07) is 0. The zero-order valence-electron chi connectivity index (χ0n) is 13.4. The van der Waals surface area contributed by atoms with E-state index in [1.165, 1.54) is 0 Å². The van der Waals surface area contributed by atoms with Gasteiger partial charge in [0, 0.05) is 19.1 Å². The third-order valence-corrected chi connectivity index (χ3v) is 2.64. The van der Waals surface area contributed by atoms with Crippen molar-refractivity contribution < 1.29 is 0 Å². The van der Waals surface area contributed by atoms with E-state index in [0.29, 0.717) is 5.41 Å². The quantitative estimate of drug-likeness (QED) is 0.531. The molecule has 0 fully saturated rings. The van der Waals surface area contributed by atoms with E-state index in [2.05, 4.69) is 65.3 Å². The summed E-state index contributed by atoms with van der Waals surface area (Å²) in [5.74, 6) is 0. The van der Waals surface area contributed by atoms with E-state index in [4.69, 9.17) is 0 Å². The smallest absolute Gasteiger partial charge is 0.0850 e. The minimum absolute atomic E-state index is 0.144. The van der Waals surface area contributed by atoms with E-state index in [-0.39, 0.29) is 11.0 Å². The lowest BCUT2D eigenvalue weighted by Crippen LogP contribution is -2.48. The van der Waals surface area contributed by atoms with Gasteiger partial charge in [0.2, 0.25) is 0 Å². The van der Waals surface area contributed by atoms with Crippen LogP contribution in [0, 0.1) is 10.8 Å². The first kappa shape index (κ1) is 16.5. The van der Waals surface area contributed by atoms with Gasteiger partial charge >= 0.3 is 0 Å². The van der Waals surface area contributed by atoms with Crippen molar-refractivity contribution in [3.8, 4) is 0 Å². The van der Waals surface area contributed by atoms with Gasteiger partial charge in [-0.1, -0.05) is 41.5 Å². The van der Waals surface area contributed by atoms with Crippen LogP contribution in [-0.4, -0.2) is 30.4 Å². The number of hydrogen-bond donors (Lipinski definition) is 0. The Hall–Kier alpha value is -0.530. The number of nitrogens with zero attached hydrogens (tertiary/aromatic N) is 2. The maximum absolute atomic E-state index is 4.22. The van der Waals surface area contributed by atoms with Crippen LogP contribution in [0.15, 0.2) is 4.99 Å². The normalized spacial score (nSPS) is 14.4. The van der Waals surface area contributed by atoms with E-state index in [1.807, 2.05) is 13.4 Å². The van der Waals surface area contributed by atoms with Crippen molar-refractivity contribution >= 4 is 6.34 Å². The highest BCUT2D eigenvalue weighted by molar-refractivity contribution is 5.56. The largest absolute Gasteiger partial charge is 0.357 e. The van der Waals surface area contributed by atoms with Crippen LogP contribution in [0.1, 0.15) is 61.8 Å². The first-order valence-corrected chi connectivity index (χ1v) is 6.56. The minimum Gasteiger partial charge on any atom is -0.357 e. The SMILES string of the molecule is CN=CN(CC(C)(C)C)C(C)(C)CC(C)(C)C. The molecule has 0 aliphatic rings. The van der Waals surface area contributed by atoms with E-state index >= 15 is 0 Å². The zero-order chi connectivity index (χ0) is 13.9. The molecule has 0 atom stereocenters. The highest BCUT2D eigenvalue weighted by Gasteiger charge is 2.32. The van der Waals surface area contributed by atoms with Gasteiger partial charge in [0.1, 0.15) is 0 Å². The fraction of sp³-hybridized carbons (Fsp3) is 0.933. The van der Waals surface area contributed by atoms with Gasteiger partial charge in [0.05, 0.1) is 6.34 Å². The van der Waals surface area contributed by atoms with Gasteiger partial charge in [-0.15, -0.1) is 0 Å². The summed E-state index contributed by atoms with van der Waals surface area (Å²) in [5.41, 5.74) is 0.766. The summed E-state index contributed by atoms with van der Waals surface area (Å²) in [5, 5.41) is 0. The van der Waals surface area contributed by atoms with Gasteiger partial charge in [-0.05, 0) is 31.1 Å². The zero-order valence-corrected chi connectivity index (χ0v) is 13.4. The van der Waals surface area contributed by atoms with E-state index in [9.17, 15) is 0 Å². The number of aliphatic imine (C=N–C) groups is 1. The highest BCUT2D eigenvalue weighted by Crippen LogP contribution is 2.32. The molecule has 0 amide bonds. The molecule has 0 aromatic heterocycles. The van der Waals surface area contributed by atoms with Crippen LogP contribution in [-0.2, 0) is 0 Å². The van der Waals surface area contributed by atoms with Crippen LogP contribution in [0.4, 0.5) is 0 Å². The molecule has 2 heteroatoms. The van der Waals surface area contributed by atoms with Crippen LogP contribution in [0.3, 0.4) is 0 Å². The molecule has 0 bridgehead atoms. The standard InChI is InChI=1S/C15H32N2/c1-13(2,3)10-15(7,8)17(12-16-9)11-14(4,5)6/h12H,10-11H2,1-9H3. The van der Waals surface area contributed by atoms with Crippen LogP contribution in [0.2, 0.25) is 0 Å². The lowest BCUT2D eigenvalue weighted by molar-refractivity contribution is 0.116. The molecular formula is C15H32N2. The third-order valence-electron chi connectivity index (χ3n) is 2.64. The molecule has 0 rings (SSSR count). The van der Waals surface area contributed by atoms with Crippen LogP contribution in [0.25, 0.3) is 0 Å². The van der Waals surface area contributed by atoms with Gasteiger partial charge in [-0.3, -0.25) is 4.99 Å². The molecule has 17 heavy (non-hydrogen) atoms. The molecular weight excluding hydrogens is 208 g/mol. The van der Waals surface area contributed by atoms with Gasteiger partial charge in [0.25, 0.3) is 0 Å². The molecule has 0 heterocycles. The van der Waals surface area contributed by atoms with Crippen molar-refractivity contribution in [1.29, 1.82) is 0 Å². The van der Waals surface area contributed by atoms with Crippen LogP contribution < -0.4 is 0 Å². The lowest BCUT2D eigenvalue weighted by atomic mass is 9.80. The molecule has 0 saturated carbocycles. The Labute approximate surface area is 109 Å². The van der Waals surface area contributed by atoms with Crippen molar-refractivity contribution in [2.45, 2.75) is 67.3 Å². The Morgan fingerprint density at radius 2 is 1.35 bits per heavy atom. The Balaban J connectivity index is 4.91. The van der Waals surface area contributed by atoms with E-state index in [0.717, 1.165) is 13.0 Å². The topological polar surface area (TPSA) is 15.6 Å². The summed E-state index contributed by atoms with van der Waals surface area (Å²) >= 11 is 0. The van der Waals surface area contributed by atoms with E-state index < -0.39 is 0 Å². The molecule has 2 nitrogen and oxygen atoms in total. The van der Waals surface area contributed by atoms with Gasteiger partial charge in [0.15, 0.2) is 0 Å². The summed E-state index contributed by atoms with van der Waals surface area (Å²) in [7, 11) is 1.85. The molecule has 0 aliphatic heterocycles. The van der Waals surface area contributed by atoms with Gasteiger partial charge in [-0.2, -0.15) is 0 Å². The maximum Gasteiger partial charge on any atom is 0.0850 e. The second-order valence-electron chi connectivity index (χ2n) is 8.11. The second kappa shape index (κ2) is 5.41. The molecule has 0 saturated heterocycles. The average molecular weight is 240 g/mol. The Morgan fingerprint density at radius 1 is 0.882 bits per heavy atom. The molecule has 0 spiro atoms. The van der Waals surface area contributed by atoms with Gasteiger partial charge < -0.3 is 4.90 Å². The molecule has 0 aromatic carbocycles. The lowest BCUT2D eigenvalue weighted by Gasteiger charge is -2.44. The van der Waals surface area contributed by atoms with Crippen molar-refractivity contribution in [1.82, 2.24) is 4.90 Å². The molecule has 0 aliphatic carbocycles. The molecule has 102 valence electrons. The second-order valence-corrected chi connectivity index (χ2v) is 8.11. The highest BCUT2D eigenvalue weighted by atomic mass is 15.2. The summed E-state index contributed by atoms with van der Waals surface area (Å²) in [4.78, 5) is 6.60. The van der Waals surface area contributed by atoms with Gasteiger partial charge in [-0.25, -0.2) is 0 Å². The first-order valence-electron chi connectivity index (χ1n) is 6.56. The Morgan fingerprint density at radius 3 is 1.65 bits per heavy atom. The van der Waals surface area contributed by atoms with Crippen molar-refractivity contribution in [3.05, 3.63) is 0 Å². The fourth-order valence-corrected chi connectivity index (χ4v) is 2.46. The van der Waals surface area contributed by atoms with Crippen molar-refractivity contribution in [2.75, 3.05) is 13.6 Å². The molecule has 0 radical (unpaired) electrons. The Bertz CT molecular complexity index is 251. The summed E-state index contributed by atoms with van der Waals surface area (Å²) in [6.07, 6.45) is 3.15. The minimum atomic E-state index is 0.144. The number of hydrogen-bond acceptors (Lipinski definition) is 1. The van der Waals surface area contributed by atoms with E-state index in [1.54, 1.807) is 0 Å². The molecule has 0 aromatic rings. The molecule has 0 unspecified atom stereocenters. The fourth-order valence-electron chi connectivity index (χ4n) is 2.46. The first-order chi connectivity index (χ1) is 7.37. The Kier molecular flexibility index (Phi) is 5.24.